The van der Waals surface area contributed by atoms with Crippen LogP contribution in [0.3, 0.4) is 0 Å². The quantitative estimate of drug-likeness (QED) is 0.783. The number of para-hydroxylation sites is 1. The Balaban J connectivity index is 1.54. The Kier molecular flexibility index (Phi) is 5.52. The van der Waals surface area contributed by atoms with Crippen molar-refractivity contribution in [2.45, 2.75) is 6.42 Å². The molecule has 0 unspecified atom stereocenters. The molecule has 18 heavy (non-hydrogen) atoms. The van der Waals surface area contributed by atoms with Crippen molar-refractivity contribution in [3.8, 4) is 5.75 Å². The lowest BCUT2D eigenvalue weighted by molar-refractivity contribution is 0.314. The molecule has 4 heteroatoms. The molecule has 0 saturated heterocycles. The molecule has 0 fully saturated rings. The van der Waals surface area contributed by atoms with Crippen LogP contribution in [0.25, 0.3) is 0 Å². The van der Waals surface area contributed by atoms with Crippen LogP contribution in [-0.4, -0.2) is 19.7 Å². The Morgan fingerprint density at radius 1 is 1.06 bits per heavy atom. The first-order valence-corrected chi connectivity index (χ1v) is 7.17. The first-order valence-electron chi connectivity index (χ1n) is 5.97. The standard InChI is InChI=1S/C14H16ClNOS/c15-14-7-6-13(18-14)8-9-16-10-11-17-12-4-2-1-3-5-12/h1-7,16H,8-11H2. The molecule has 0 aliphatic carbocycles. The molecule has 0 spiro atoms. The molecule has 96 valence electrons. The average molecular weight is 282 g/mol. The van der Waals surface area contributed by atoms with Gasteiger partial charge in [-0.25, -0.2) is 0 Å². The minimum absolute atomic E-state index is 0.690. The Hall–Kier alpha value is -1.03. The van der Waals surface area contributed by atoms with Gasteiger partial charge in [-0.3, -0.25) is 0 Å². The van der Waals surface area contributed by atoms with Crippen LogP contribution < -0.4 is 10.1 Å². The van der Waals surface area contributed by atoms with Gasteiger partial charge in [0.2, 0.25) is 0 Å². The van der Waals surface area contributed by atoms with Crippen molar-refractivity contribution in [1.29, 1.82) is 0 Å². The van der Waals surface area contributed by atoms with E-state index in [0.29, 0.717) is 6.61 Å². The zero-order chi connectivity index (χ0) is 12.6. The van der Waals surface area contributed by atoms with Crippen LogP contribution in [0, 0.1) is 0 Å². The van der Waals surface area contributed by atoms with Crippen molar-refractivity contribution >= 4 is 22.9 Å². The fourth-order valence-corrected chi connectivity index (χ4v) is 2.67. The smallest absolute Gasteiger partial charge is 0.119 e. The molecule has 1 aromatic carbocycles. The summed E-state index contributed by atoms with van der Waals surface area (Å²) >= 11 is 7.51. The second-order valence-electron chi connectivity index (χ2n) is 3.87. The van der Waals surface area contributed by atoms with Gasteiger partial charge in [-0.15, -0.1) is 11.3 Å². The maximum Gasteiger partial charge on any atom is 0.119 e. The summed E-state index contributed by atoms with van der Waals surface area (Å²) in [6, 6.07) is 13.9. The number of benzene rings is 1. The van der Waals surface area contributed by atoms with Gasteiger partial charge < -0.3 is 10.1 Å². The third kappa shape index (κ3) is 4.69. The highest BCUT2D eigenvalue weighted by atomic mass is 35.5. The van der Waals surface area contributed by atoms with Crippen LogP contribution in [0.15, 0.2) is 42.5 Å². The fourth-order valence-electron chi connectivity index (χ4n) is 1.58. The molecule has 1 heterocycles. The molecular formula is C14H16ClNOS. The monoisotopic (exact) mass is 281 g/mol. The summed E-state index contributed by atoms with van der Waals surface area (Å²) in [5.74, 6) is 0.921. The summed E-state index contributed by atoms with van der Waals surface area (Å²) in [5, 5.41) is 3.35. The van der Waals surface area contributed by atoms with E-state index >= 15 is 0 Å². The van der Waals surface area contributed by atoms with Gasteiger partial charge in [-0.2, -0.15) is 0 Å². The number of nitrogens with one attached hydrogen (secondary N) is 1. The third-order valence-corrected chi connectivity index (χ3v) is 3.76. The number of hydrogen-bond acceptors (Lipinski definition) is 3. The van der Waals surface area contributed by atoms with E-state index in [1.165, 1.54) is 4.88 Å². The van der Waals surface area contributed by atoms with Crippen LogP contribution in [0.4, 0.5) is 0 Å². The summed E-state index contributed by atoms with van der Waals surface area (Å²) in [4.78, 5) is 1.32. The van der Waals surface area contributed by atoms with Gasteiger partial charge in [0.15, 0.2) is 0 Å². The van der Waals surface area contributed by atoms with Crippen molar-refractivity contribution in [1.82, 2.24) is 5.32 Å². The summed E-state index contributed by atoms with van der Waals surface area (Å²) < 4.78 is 6.44. The molecule has 1 N–H and O–H groups in total. The summed E-state index contributed by atoms with van der Waals surface area (Å²) in [6.45, 7) is 2.50. The molecule has 2 rings (SSSR count). The van der Waals surface area contributed by atoms with E-state index < -0.39 is 0 Å². The van der Waals surface area contributed by atoms with Crippen LogP contribution in [0.2, 0.25) is 4.34 Å². The summed E-state index contributed by atoms with van der Waals surface area (Å²) in [7, 11) is 0. The summed E-state index contributed by atoms with van der Waals surface area (Å²) in [5.41, 5.74) is 0. The molecule has 0 atom stereocenters. The van der Waals surface area contributed by atoms with Crippen molar-refractivity contribution < 1.29 is 4.74 Å². The van der Waals surface area contributed by atoms with Gasteiger partial charge >= 0.3 is 0 Å². The van der Waals surface area contributed by atoms with E-state index in [1.807, 2.05) is 36.4 Å². The largest absolute Gasteiger partial charge is 0.492 e. The van der Waals surface area contributed by atoms with Gasteiger partial charge in [0.25, 0.3) is 0 Å². The number of thiophene rings is 1. The second kappa shape index (κ2) is 7.41. The lowest BCUT2D eigenvalue weighted by Crippen LogP contribution is -2.23. The molecule has 0 radical (unpaired) electrons. The Labute approximate surface area is 117 Å². The first kappa shape index (κ1) is 13.4. The minimum Gasteiger partial charge on any atom is -0.492 e. The molecule has 0 saturated carbocycles. The highest BCUT2D eigenvalue weighted by Crippen LogP contribution is 2.21. The predicted octanol–water partition coefficient (Wildman–Crippen LogP) is 3.61. The van der Waals surface area contributed by atoms with E-state index in [9.17, 15) is 0 Å². The van der Waals surface area contributed by atoms with Gasteiger partial charge in [0.05, 0.1) is 4.34 Å². The number of rotatable bonds is 7. The topological polar surface area (TPSA) is 21.3 Å². The van der Waals surface area contributed by atoms with Gasteiger partial charge in [-0.05, 0) is 30.7 Å². The van der Waals surface area contributed by atoms with E-state index in [2.05, 4.69) is 11.4 Å². The SMILES string of the molecule is Clc1ccc(CCNCCOc2ccccc2)s1. The van der Waals surface area contributed by atoms with Gasteiger partial charge in [0.1, 0.15) is 12.4 Å². The number of ether oxygens (including phenoxy) is 1. The maximum atomic E-state index is 5.87. The number of hydrogen-bond donors (Lipinski definition) is 1. The second-order valence-corrected chi connectivity index (χ2v) is 5.67. The van der Waals surface area contributed by atoms with Crippen LogP contribution in [0.5, 0.6) is 5.75 Å². The van der Waals surface area contributed by atoms with Crippen molar-refractivity contribution in [3.05, 3.63) is 51.7 Å². The van der Waals surface area contributed by atoms with Crippen molar-refractivity contribution in [2.75, 3.05) is 19.7 Å². The van der Waals surface area contributed by atoms with E-state index in [1.54, 1.807) is 11.3 Å². The van der Waals surface area contributed by atoms with Gasteiger partial charge in [-0.1, -0.05) is 29.8 Å². The molecule has 0 amide bonds. The van der Waals surface area contributed by atoms with Crippen LogP contribution in [0.1, 0.15) is 4.88 Å². The van der Waals surface area contributed by atoms with Crippen LogP contribution in [-0.2, 0) is 6.42 Å². The maximum absolute atomic E-state index is 5.87. The first-order chi connectivity index (χ1) is 8.84. The average Bonchev–Trinajstić information content (AvgIpc) is 2.81. The third-order valence-electron chi connectivity index (χ3n) is 2.47. The highest BCUT2D eigenvalue weighted by molar-refractivity contribution is 7.16. The summed E-state index contributed by atoms with van der Waals surface area (Å²) in [6.07, 6.45) is 1.02. The minimum atomic E-state index is 0.690. The Morgan fingerprint density at radius 2 is 1.89 bits per heavy atom. The molecule has 2 nitrogen and oxygen atoms in total. The zero-order valence-corrected chi connectivity index (χ0v) is 11.6. The van der Waals surface area contributed by atoms with Crippen LogP contribution >= 0.6 is 22.9 Å². The Morgan fingerprint density at radius 3 is 2.61 bits per heavy atom. The molecule has 0 aliphatic heterocycles. The zero-order valence-electron chi connectivity index (χ0n) is 10.1. The van der Waals surface area contributed by atoms with E-state index in [4.69, 9.17) is 16.3 Å². The molecule has 2 aromatic rings. The fraction of sp³-hybridized carbons (Fsp3) is 0.286. The Bertz CT molecular complexity index is 458. The van der Waals surface area contributed by atoms with Crippen molar-refractivity contribution in [2.24, 2.45) is 0 Å². The predicted molar refractivity (Wildman–Crippen MR) is 77.8 cm³/mol. The van der Waals surface area contributed by atoms with E-state index in [-0.39, 0.29) is 0 Å². The van der Waals surface area contributed by atoms with E-state index in [0.717, 1.165) is 29.6 Å². The molecule has 1 aromatic heterocycles. The number of halogens is 1. The molecule has 0 bridgehead atoms. The normalized spacial score (nSPS) is 10.5. The molecule has 0 aliphatic rings. The lowest BCUT2D eigenvalue weighted by atomic mass is 10.3. The molecular weight excluding hydrogens is 266 g/mol. The van der Waals surface area contributed by atoms with Gasteiger partial charge in [0, 0.05) is 18.0 Å². The van der Waals surface area contributed by atoms with Crippen molar-refractivity contribution in [3.63, 3.8) is 0 Å². The lowest BCUT2D eigenvalue weighted by Gasteiger charge is -2.06. The highest BCUT2D eigenvalue weighted by Gasteiger charge is 1.97.